The number of hydrogen-bond donors (Lipinski definition) is 2. The fraction of sp³-hybridized carbons (Fsp3) is 0.455. The van der Waals surface area contributed by atoms with E-state index in [1.165, 1.54) is 12.1 Å². The van der Waals surface area contributed by atoms with Crippen LogP contribution in [0.4, 0.5) is 8.78 Å². The van der Waals surface area contributed by atoms with Crippen LogP contribution in [0.1, 0.15) is 24.9 Å². The molecule has 4 heteroatoms. The van der Waals surface area contributed by atoms with Crippen molar-refractivity contribution in [2.24, 2.45) is 0 Å². The molecule has 2 N–H and O–H groups in total. The first kappa shape index (κ1) is 12.1. The lowest BCUT2D eigenvalue weighted by Gasteiger charge is -2.16. The van der Waals surface area contributed by atoms with Gasteiger partial charge in [0, 0.05) is 5.56 Å². The van der Waals surface area contributed by atoms with Gasteiger partial charge in [-0.1, -0.05) is 19.1 Å². The van der Waals surface area contributed by atoms with Crippen LogP contribution in [0.25, 0.3) is 0 Å². The highest BCUT2D eigenvalue weighted by molar-refractivity contribution is 5.22. The standard InChI is InChI=1S/C11H15F2NO/c1-2-6-14-10(7-15)8-4-3-5-9(12)11(8)13/h3-5,10,14-15H,2,6-7H2,1H3. The molecule has 1 unspecified atom stereocenters. The highest BCUT2D eigenvalue weighted by atomic mass is 19.2. The molecular weight excluding hydrogens is 200 g/mol. The highest BCUT2D eigenvalue weighted by Crippen LogP contribution is 2.18. The van der Waals surface area contributed by atoms with E-state index in [9.17, 15) is 8.78 Å². The van der Waals surface area contributed by atoms with E-state index in [1.54, 1.807) is 0 Å². The zero-order valence-corrected chi connectivity index (χ0v) is 8.63. The maximum atomic E-state index is 13.3. The minimum Gasteiger partial charge on any atom is -0.394 e. The van der Waals surface area contributed by atoms with Crippen LogP contribution in [0.15, 0.2) is 18.2 Å². The molecule has 0 aliphatic rings. The van der Waals surface area contributed by atoms with Crippen LogP contribution in [0.5, 0.6) is 0 Å². The summed E-state index contributed by atoms with van der Waals surface area (Å²) in [6.45, 7) is 2.37. The Labute approximate surface area is 87.9 Å². The number of nitrogens with one attached hydrogen (secondary N) is 1. The van der Waals surface area contributed by atoms with Crippen molar-refractivity contribution in [1.82, 2.24) is 5.32 Å². The van der Waals surface area contributed by atoms with Crippen molar-refractivity contribution < 1.29 is 13.9 Å². The zero-order valence-electron chi connectivity index (χ0n) is 8.63. The first-order chi connectivity index (χ1) is 7.20. The minimum atomic E-state index is -0.889. The summed E-state index contributed by atoms with van der Waals surface area (Å²) in [6, 6.07) is 3.43. The van der Waals surface area contributed by atoms with Crippen molar-refractivity contribution in [3.05, 3.63) is 35.4 Å². The van der Waals surface area contributed by atoms with E-state index in [1.807, 2.05) is 6.92 Å². The molecule has 0 bridgehead atoms. The summed E-state index contributed by atoms with van der Waals surface area (Å²) in [5.41, 5.74) is 0.172. The third-order valence-electron chi connectivity index (χ3n) is 2.18. The molecule has 1 aromatic rings. The third kappa shape index (κ3) is 2.97. The van der Waals surface area contributed by atoms with Gasteiger partial charge in [-0.3, -0.25) is 0 Å². The van der Waals surface area contributed by atoms with E-state index in [2.05, 4.69) is 5.32 Å². The Morgan fingerprint density at radius 3 is 2.73 bits per heavy atom. The van der Waals surface area contributed by atoms with Gasteiger partial charge in [0.1, 0.15) is 0 Å². The van der Waals surface area contributed by atoms with E-state index < -0.39 is 17.7 Å². The first-order valence-electron chi connectivity index (χ1n) is 4.98. The number of hydrogen-bond acceptors (Lipinski definition) is 2. The van der Waals surface area contributed by atoms with Crippen molar-refractivity contribution in [1.29, 1.82) is 0 Å². The largest absolute Gasteiger partial charge is 0.394 e. The molecule has 0 aliphatic heterocycles. The zero-order chi connectivity index (χ0) is 11.3. The van der Waals surface area contributed by atoms with Crippen molar-refractivity contribution in [3.63, 3.8) is 0 Å². The number of halogens is 2. The topological polar surface area (TPSA) is 32.3 Å². The van der Waals surface area contributed by atoms with Gasteiger partial charge in [0.15, 0.2) is 11.6 Å². The van der Waals surface area contributed by atoms with Crippen LogP contribution in [0.3, 0.4) is 0 Å². The number of rotatable bonds is 5. The maximum absolute atomic E-state index is 13.3. The summed E-state index contributed by atoms with van der Waals surface area (Å²) < 4.78 is 26.3. The predicted molar refractivity (Wildman–Crippen MR) is 54.5 cm³/mol. The van der Waals surface area contributed by atoms with Gasteiger partial charge in [0.05, 0.1) is 12.6 Å². The lowest BCUT2D eigenvalue weighted by molar-refractivity contribution is 0.241. The second-order valence-electron chi connectivity index (χ2n) is 3.33. The highest BCUT2D eigenvalue weighted by Gasteiger charge is 2.16. The van der Waals surface area contributed by atoms with Crippen molar-refractivity contribution in [2.45, 2.75) is 19.4 Å². The molecule has 15 heavy (non-hydrogen) atoms. The fourth-order valence-corrected chi connectivity index (χ4v) is 1.38. The Kier molecular flexibility index (Phi) is 4.65. The second-order valence-corrected chi connectivity index (χ2v) is 3.33. The van der Waals surface area contributed by atoms with E-state index in [0.29, 0.717) is 6.54 Å². The van der Waals surface area contributed by atoms with Gasteiger partial charge in [0.25, 0.3) is 0 Å². The van der Waals surface area contributed by atoms with Crippen LogP contribution < -0.4 is 5.32 Å². The first-order valence-corrected chi connectivity index (χ1v) is 4.98. The Morgan fingerprint density at radius 2 is 2.13 bits per heavy atom. The predicted octanol–water partition coefficient (Wildman–Crippen LogP) is 2.00. The van der Waals surface area contributed by atoms with Crippen LogP contribution in [-0.4, -0.2) is 18.3 Å². The lowest BCUT2D eigenvalue weighted by Crippen LogP contribution is -2.26. The molecule has 0 fully saturated rings. The molecule has 0 amide bonds. The number of aliphatic hydroxyl groups is 1. The smallest absolute Gasteiger partial charge is 0.163 e. The second kappa shape index (κ2) is 5.78. The fourth-order valence-electron chi connectivity index (χ4n) is 1.38. The summed E-state index contributed by atoms with van der Waals surface area (Å²) >= 11 is 0. The van der Waals surface area contributed by atoms with Crippen molar-refractivity contribution in [3.8, 4) is 0 Å². The van der Waals surface area contributed by atoms with Crippen molar-refractivity contribution >= 4 is 0 Å². The van der Waals surface area contributed by atoms with Gasteiger partial charge in [0.2, 0.25) is 0 Å². The summed E-state index contributed by atoms with van der Waals surface area (Å²) in [6.07, 6.45) is 0.868. The molecule has 1 aromatic carbocycles. The average molecular weight is 215 g/mol. The van der Waals surface area contributed by atoms with Gasteiger partial charge in [-0.05, 0) is 19.0 Å². The van der Waals surface area contributed by atoms with E-state index in [0.717, 1.165) is 12.5 Å². The molecule has 1 rings (SSSR count). The molecule has 0 saturated heterocycles. The Morgan fingerprint density at radius 1 is 1.40 bits per heavy atom. The van der Waals surface area contributed by atoms with Crippen LogP contribution in [0, 0.1) is 11.6 Å². The van der Waals surface area contributed by atoms with Gasteiger partial charge in [-0.2, -0.15) is 0 Å². The minimum absolute atomic E-state index is 0.172. The van der Waals surface area contributed by atoms with E-state index in [-0.39, 0.29) is 12.2 Å². The van der Waals surface area contributed by atoms with Crippen LogP contribution in [-0.2, 0) is 0 Å². The Balaban J connectivity index is 2.86. The maximum Gasteiger partial charge on any atom is 0.163 e. The normalized spacial score (nSPS) is 12.8. The molecule has 1 atom stereocenters. The molecule has 84 valence electrons. The van der Waals surface area contributed by atoms with Crippen LogP contribution >= 0.6 is 0 Å². The molecule has 0 saturated carbocycles. The molecule has 0 aliphatic carbocycles. The summed E-state index contributed by atoms with van der Waals surface area (Å²) in [7, 11) is 0. The summed E-state index contributed by atoms with van der Waals surface area (Å²) in [4.78, 5) is 0. The molecule has 0 radical (unpaired) electrons. The molecule has 0 aromatic heterocycles. The SMILES string of the molecule is CCCNC(CO)c1cccc(F)c1F. The molecule has 2 nitrogen and oxygen atoms in total. The van der Waals surface area contributed by atoms with E-state index in [4.69, 9.17) is 5.11 Å². The quantitative estimate of drug-likeness (QED) is 0.787. The van der Waals surface area contributed by atoms with Gasteiger partial charge in [-0.15, -0.1) is 0 Å². The van der Waals surface area contributed by atoms with Gasteiger partial charge >= 0.3 is 0 Å². The monoisotopic (exact) mass is 215 g/mol. The Hall–Kier alpha value is -1.00. The Bertz CT molecular complexity index is 317. The summed E-state index contributed by atoms with van der Waals surface area (Å²) in [5, 5.41) is 12.0. The molecular formula is C11H15F2NO. The molecule has 0 spiro atoms. The van der Waals surface area contributed by atoms with Crippen molar-refractivity contribution in [2.75, 3.05) is 13.2 Å². The van der Waals surface area contributed by atoms with Gasteiger partial charge < -0.3 is 10.4 Å². The molecule has 0 heterocycles. The number of benzene rings is 1. The average Bonchev–Trinajstić information content (AvgIpc) is 2.25. The third-order valence-corrected chi connectivity index (χ3v) is 2.18. The van der Waals surface area contributed by atoms with Crippen LogP contribution in [0.2, 0.25) is 0 Å². The van der Waals surface area contributed by atoms with Gasteiger partial charge in [-0.25, -0.2) is 8.78 Å². The summed E-state index contributed by atoms with van der Waals surface area (Å²) in [5.74, 6) is -1.77. The number of aliphatic hydroxyl groups excluding tert-OH is 1. The van der Waals surface area contributed by atoms with E-state index >= 15 is 0 Å². The lowest BCUT2D eigenvalue weighted by atomic mass is 10.1.